The molecule has 0 saturated carbocycles. The van der Waals surface area contributed by atoms with Gasteiger partial charge in [-0.05, 0) is 36.5 Å². The number of esters is 1. The summed E-state index contributed by atoms with van der Waals surface area (Å²) in [6.45, 7) is 7.86. The molecule has 1 aromatic rings. The molecule has 0 heterocycles. The molecule has 0 aliphatic rings. The number of benzene rings is 1. The number of nitrogens with one attached hydrogen (secondary N) is 2. The first-order valence-corrected chi connectivity index (χ1v) is 9.55. The van der Waals surface area contributed by atoms with Gasteiger partial charge in [-0.1, -0.05) is 50.9 Å². The molecule has 6 nitrogen and oxygen atoms in total. The zero-order valence-electron chi connectivity index (χ0n) is 16.0. The van der Waals surface area contributed by atoms with Crippen LogP contribution in [0.4, 0.5) is 0 Å². The first-order chi connectivity index (χ1) is 12.6. The van der Waals surface area contributed by atoms with Gasteiger partial charge >= 0.3 is 5.97 Å². The summed E-state index contributed by atoms with van der Waals surface area (Å²) in [7, 11) is 0. The van der Waals surface area contributed by atoms with Crippen molar-refractivity contribution in [1.82, 2.24) is 10.6 Å². The monoisotopic (exact) mass is 416 g/mol. The number of rotatable bonds is 9. The highest BCUT2D eigenvalue weighted by atomic mass is 35.5. The van der Waals surface area contributed by atoms with Crippen LogP contribution in [-0.2, 0) is 14.3 Å². The molecule has 2 amide bonds. The molecule has 1 aromatic carbocycles. The van der Waals surface area contributed by atoms with Gasteiger partial charge < -0.3 is 15.4 Å². The lowest BCUT2D eigenvalue weighted by Crippen LogP contribution is -2.44. The summed E-state index contributed by atoms with van der Waals surface area (Å²) in [5, 5.41) is 5.88. The Balaban J connectivity index is 2.72. The molecule has 27 heavy (non-hydrogen) atoms. The van der Waals surface area contributed by atoms with Gasteiger partial charge in [0.05, 0.1) is 10.6 Å². The fourth-order valence-electron chi connectivity index (χ4n) is 2.20. The van der Waals surface area contributed by atoms with Crippen molar-refractivity contribution in [1.29, 1.82) is 0 Å². The van der Waals surface area contributed by atoms with Gasteiger partial charge in [0.25, 0.3) is 11.8 Å². The normalized spacial score (nSPS) is 12.0. The molecule has 0 radical (unpaired) electrons. The Morgan fingerprint density at radius 3 is 2.30 bits per heavy atom. The Morgan fingerprint density at radius 1 is 1.07 bits per heavy atom. The molecule has 2 N–H and O–H groups in total. The van der Waals surface area contributed by atoms with Gasteiger partial charge in [-0.15, -0.1) is 0 Å². The Labute approximate surface area is 169 Å². The summed E-state index contributed by atoms with van der Waals surface area (Å²) in [5.41, 5.74) is 0.206. The summed E-state index contributed by atoms with van der Waals surface area (Å²) in [6.07, 6.45) is 0.364. The standard InChI is InChI=1S/C19H26Cl2N2O4/c1-11(2)7-16(19(26)27-10-17(24)22-9-12(3)4)23-18(25)14-6-5-13(20)8-15(14)21/h5-6,8,11-12,16H,7,9-10H2,1-4H3,(H,22,24)(H,23,25)/t16-/m1/s1. The maximum atomic E-state index is 12.5. The van der Waals surface area contributed by atoms with Crippen molar-refractivity contribution >= 4 is 41.0 Å². The van der Waals surface area contributed by atoms with E-state index in [1.165, 1.54) is 18.2 Å². The van der Waals surface area contributed by atoms with Crippen molar-refractivity contribution in [2.45, 2.75) is 40.2 Å². The minimum atomic E-state index is -0.887. The van der Waals surface area contributed by atoms with E-state index >= 15 is 0 Å². The Kier molecular flexibility index (Phi) is 9.60. The summed E-state index contributed by atoms with van der Waals surface area (Å²) in [5.74, 6) is -1.14. The van der Waals surface area contributed by atoms with Gasteiger partial charge in [0.1, 0.15) is 6.04 Å². The highest BCUT2D eigenvalue weighted by Gasteiger charge is 2.25. The number of carbonyl (C=O) groups is 3. The maximum Gasteiger partial charge on any atom is 0.329 e. The van der Waals surface area contributed by atoms with E-state index in [0.717, 1.165) is 0 Å². The highest BCUT2D eigenvalue weighted by molar-refractivity contribution is 6.36. The fraction of sp³-hybridized carbons (Fsp3) is 0.526. The van der Waals surface area contributed by atoms with E-state index in [0.29, 0.717) is 23.9 Å². The molecular weight excluding hydrogens is 391 g/mol. The van der Waals surface area contributed by atoms with Crippen LogP contribution in [0.5, 0.6) is 0 Å². The Hall–Kier alpha value is -1.79. The van der Waals surface area contributed by atoms with Crippen LogP contribution in [0, 0.1) is 11.8 Å². The van der Waals surface area contributed by atoms with Crippen molar-refractivity contribution < 1.29 is 19.1 Å². The first-order valence-electron chi connectivity index (χ1n) is 8.79. The van der Waals surface area contributed by atoms with Gasteiger partial charge in [-0.2, -0.15) is 0 Å². The molecule has 0 spiro atoms. The molecule has 0 bridgehead atoms. The van der Waals surface area contributed by atoms with Gasteiger partial charge in [-0.25, -0.2) is 4.79 Å². The minimum absolute atomic E-state index is 0.123. The predicted molar refractivity (Wildman–Crippen MR) is 106 cm³/mol. The lowest BCUT2D eigenvalue weighted by Gasteiger charge is -2.20. The average molecular weight is 417 g/mol. The molecule has 1 rings (SSSR count). The number of amides is 2. The third-order valence-corrected chi connectivity index (χ3v) is 4.07. The number of hydrogen-bond donors (Lipinski definition) is 2. The van der Waals surface area contributed by atoms with Crippen molar-refractivity contribution in [3.05, 3.63) is 33.8 Å². The number of hydrogen-bond acceptors (Lipinski definition) is 4. The lowest BCUT2D eigenvalue weighted by atomic mass is 10.0. The summed E-state index contributed by atoms with van der Waals surface area (Å²) >= 11 is 11.9. The average Bonchev–Trinajstić information content (AvgIpc) is 2.56. The molecule has 0 aliphatic heterocycles. The lowest BCUT2D eigenvalue weighted by molar-refractivity contribution is -0.150. The van der Waals surface area contributed by atoms with E-state index in [2.05, 4.69) is 10.6 Å². The zero-order valence-corrected chi connectivity index (χ0v) is 17.5. The molecule has 1 atom stereocenters. The van der Waals surface area contributed by atoms with Crippen LogP contribution in [0.1, 0.15) is 44.5 Å². The number of halogens is 2. The van der Waals surface area contributed by atoms with Crippen molar-refractivity contribution in [3.8, 4) is 0 Å². The van der Waals surface area contributed by atoms with Crippen LogP contribution in [0.3, 0.4) is 0 Å². The van der Waals surface area contributed by atoms with Gasteiger partial charge in [0.15, 0.2) is 6.61 Å². The smallest absolute Gasteiger partial charge is 0.329 e. The highest BCUT2D eigenvalue weighted by Crippen LogP contribution is 2.21. The SMILES string of the molecule is CC(C)CNC(=O)COC(=O)[C@@H](CC(C)C)NC(=O)c1ccc(Cl)cc1Cl. The van der Waals surface area contributed by atoms with Crippen molar-refractivity contribution in [2.75, 3.05) is 13.2 Å². The minimum Gasteiger partial charge on any atom is -0.454 e. The molecule has 0 unspecified atom stereocenters. The van der Waals surface area contributed by atoms with E-state index < -0.39 is 24.5 Å². The third-order valence-electron chi connectivity index (χ3n) is 3.53. The van der Waals surface area contributed by atoms with Crippen LogP contribution >= 0.6 is 23.2 Å². The molecule has 0 saturated heterocycles. The van der Waals surface area contributed by atoms with Crippen molar-refractivity contribution in [3.63, 3.8) is 0 Å². The first kappa shape index (κ1) is 23.2. The fourth-order valence-corrected chi connectivity index (χ4v) is 2.70. The summed E-state index contributed by atoms with van der Waals surface area (Å²) in [6, 6.07) is 3.59. The van der Waals surface area contributed by atoms with Gasteiger partial charge in [0, 0.05) is 11.6 Å². The molecule has 8 heteroatoms. The van der Waals surface area contributed by atoms with Crippen LogP contribution in [0.2, 0.25) is 10.0 Å². The van der Waals surface area contributed by atoms with Crippen molar-refractivity contribution in [2.24, 2.45) is 11.8 Å². The predicted octanol–water partition coefficient (Wildman–Crippen LogP) is 3.45. The van der Waals surface area contributed by atoms with E-state index in [1.54, 1.807) is 0 Å². The van der Waals surface area contributed by atoms with Gasteiger partial charge in [-0.3, -0.25) is 9.59 Å². The third kappa shape index (κ3) is 8.63. The van der Waals surface area contributed by atoms with Crippen LogP contribution in [0.15, 0.2) is 18.2 Å². The maximum absolute atomic E-state index is 12.5. The summed E-state index contributed by atoms with van der Waals surface area (Å²) < 4.78 is 5.07. The number of ether oxygens (including phenoxy) is 1. The van der Waals surface area contributed by atoms with E-state index in [1.807, 2.05) is 27.7 Å². The quantitative estimate of drug-likeness (QED) is 0.603. The second-order valence-corrected chi connectivity index (χ2v) is 7.93. The summed E-state index contributed by atoms with van der Waals surface area (Å²) in [4.78, 5) is 36.5. The molecule has 150 valence electrons. The van der Waals surface area contributed by atoms with E-state index in [-0.39, 0.29) is 22.4 Å². The molecule has 0 aromatic heterocycles. The molecule has 0 aliphatic carbocycles. The van der Waals surface area contributed by atoms with E-state index in [4.69, 9.17) is 27.9 Å². The van der Waals surface area contributed by atoms with E-state index in [9.17, 15) is 14.4 Å². The van der Waals surface area contributed by atoms with Crippen LogP contribution in [0.25, 0.3) is 0 Å². The second-order valence-electron chi connectivity index (χ2n) is 7.09. The van der Waals surface area contributed by atoms with Crippen LogP contribution < -0.4 is 10.6 Å². The topological polar surface area (TPSA) is 84.5 Å². The van der Waals surface area contributed by atoms with Crippen LogP contribution in [-0.4, -0.2) is 37.0 Å². The molecular formula is C19H26Cl2N2O4. The Morgan fingerprint density at radius 2 is 1.74 bits per heavy atom. The van der Waals surface area contributed by atoms with Gasteiger partial charge in [0.2, 0.25) is 0 Å². The Bertz CT molecular complexity index is 678. The molecule has 0 fully saturated rings. The largest absolute Gasteiger partial charge is 0.454 e. The second kappa shape index (κ2) is 11.1. The zero-order chi connectivity index (χ0) is 20.6. The number of carbonyl (C=O) groups excluding carboxylic acids is 3.